The Balaban J connectivity index is 2.57. The molecule has 0 fully saturated rings. The Morgan fingerprint density at radius 1 is 1.44 bits per heavy atom. The number of hydrogen-bond donors (Lipinski definition) is 1. The molecule has 0 atom stereocenters. The highest BCUT2D eigenvalue weighted by Gasteiger charge is 2.05. The van der Waals surface area contributed by atoms with Gasteiger partial charge in [0, 0.05) is 6.20 Å². The summed E-state index contributed by atoms with van der Waals surface area (Å²) < 4.78 is 13.6. The number of nitrogens with two attached hydrogens (primary N) is 1. The number of pyridine rings is 1. The topological polar surface area (TPSA) is 38.9 Å². The quantitative estimate of drug-likeness (QED) is 0.752. The molecule has 16 heavy (non-hydrogen) atoms. The smallest absolute Gasteiger partial charge is 0.145 e. The minimum absolute atomic E-state index is 0.228. The summed E-state index contributed by atoms with van der Waals surface area (Å²) in [6, 6.07) is 1.51. The molecule has 0 spiro atoms. The molecule has 2 nitrogen and oxygen atoms in total. The van der Waals surface area contributed by atoms with Crippen LogP contribution < -0.4 is 5.73 Å². The summed E-state index contributed by atoms with van der Waals surface area (Å²) in [5.74, 6) is -0.228. The fraction of sp³-hybridized carbons (Fsp3) is 0.462. The van der Waals surface area contributed by atoms with Gasteiger partial charge in [-0.1, -0.05) is 13.0 Å². The van der Waals surface area contributed by atoms with Crippen molar-refractivity contribution in [1.29, 1.82) is 0 Å². The largest absolute Gasteiger partial charge is 0.330 e. The number of allylic oxidation sites excluding steroid dienone is 1. The van der Waals surface area contributed by atoms with Crippen LogP contribution in [0.2, 0.25) is 0 Å². The van der Waals surface area contributed by atoms with E-state index in [0.717, 1.165) is 30.4 Å². The fourth-order valence-electron chi connectivity index (χ4n) is 1.50. The monoisotopic (exact) mass is 222 g/mol. The number of rotatable bonds is 6. The molecule has 3 heteroatoms. The average molecular weight is 222 g/mol. The lowest BCUT2D eigenvalue weighted by molar-refractivity contribution is 0.583. The number of aromatic nitrogens is 1. The zero-order valence-electron chi connectivity index (χ0n) is 9.80. The molecule has 0 unspecified atom stereocenters. The average Bonchev–Trinajstić information content (AvgIpc) is 2.26. The molecular weight excluding hydrogens is 203 g/mol. The van der Waals surface area contributed by atoms with Crippen molar-refractivity contribution < 1.29 is 4.39 Å². The number of nitrogens with zero attached hydrogens (tertiary/aromatic N) is 1. The summed E-state index contributed by atoms with van der Waals surface area (Å²) in [7, 11) is 0. The van der Waals surface area contributed by atoms with Crippen molar-refractivity contribution in [2.24, 2.45) is 5.73 Å². The number of unbranched alkanes of at least 4 members (excludes halogenated alkanes) is 2. The van der Waals surface area contributed by atoms with E-state index >= 15 is 0 Å². The van der Waals surface area contributed by atoms with Crippen molar-refractivity contribution in [3.8, 4) is 0 Å². The van der Waals surface area contributed by atoms with Crippen LogP contribution in [-0.2, 0) is 6.42 Å². The number of halogens is 1. The molecule has 0 aliphatic heterocycles. The molecular formula is C13H19FN2. The molecule has 0 aliphatic rings. The highest BCUT2D eigenvalue weighted by molar-refractivity contribution is 5.60. The van der Waals surface area contributed by atoms with Crippen LogP contribution in [0, 0.1) is 5.82 Å². The molecule has 0 bridgehead atoms. The van der Waals surface area contributed by atoms with E-state index in [2.05, 4.69) is 11.6 Å². The predicted molar refractivity (Wildman–Crippen MR) is 65.5 cm³/mol. The molecule has 0 amide bonds. The maximum absolute atomic E-state index is 13.6. The van der Waals surface area contributed by atoms with Gasteiger partial charge in [-0.25, -0.2) is 4.39 Å². The van der Waals surface area contributed by atoms with E-state index in [9.17, 15) is 4.39 Å². The molecule has 0 aromatic carbocycles. The van der Waals surface area contributed by atoms with Gasteiger partial charge in [-0.3, -0.25) is 4.98 Å². The zero-order valence-corrected chi connectivity index (χ0v) is 9.80. The van der Waals surface area contributed by atoms with Crippen molar-refractivity contribution in [3.63, 3.8) is 0 Å². The van der Waals surface area contributed by atoms with Crippen LogP contribution in [0.5, 0.6) is 0 Å². The second kappa shape index (κ2) is 6.38. The van der Waals surface area contributed by atoms with E-state index in [1.807, 2.05) is 6.92 Å². The van der Waals surface area contributed by atoms with Crippen molar-refractivity contribution >= 4 is 5.57 Å². The first-order valence-electron chi connectivity index (χ1n) is 5.65. The van der Waals surface area contributed by atoms with Gasteiger partial charge in [0.05, 0.1) is 5.69 Å². The first-order valence-corrected chi connectivity index (χ1v) is 5.65. The summed E-state index contributed by atoms with van der Waals surface area (Å²) >= 11 is 0. The van der Waals surface area contributed by atoms with Crippen LogP contribution in [-0.4, -0.2) is 11.5 Å². The molecule has 1 aromatic rings. The Morgan fingerprint density at radius 2 is 2.19 bits per heavy atom. The van der Waals surface area contributed by atoms with Gasteiger partial charge in [-0.05, 0) is 49.9 Å². The maximum Gasteiger partial charge on any atom is 0.145 e. The summed E-state index contributed by atoms with van der Waals surface area (Å²) in [4.78, 5) is 4.13. The number of hydrogen-bond acceptors (Lipinski definition) is 2. The first-order chi connectivity index (χ1) is 7.65. The third-order valence-corrected chi connectivity index (χ3v) is 2.53. The second-order valence-electron chi connectivity index (χ2n) is 4.03. The van der Waals surface area contributed by atoms with Crippen LogP contribution in [0.1, 0.15) is 37.4 Å². The third kappa shape index (κ3) is 3.74. The van der Waals surface area contributed by atoms with E-state index < -0.39 is 0 Å². The summed E-state index contributed by atoms with van der Waals surface area (Å²) in [6.45, 7) is 6.31. The molecule has 0 saturated carbocycles. The zero-order chi connectivity index (χ0) is 12.0. The molecule has 88 valence electrons. The Labute approximate surface area is 96.4 Å². The summed E-state index contributed by atoms with van der Waals surface area (Å²) in [5, 5.41) is 0. The van der Waals surface area contributed by atoms with Gasteiger partial charge in [0.2, 0.25) is 0 Å². The lowest BCUT2D eigenvalue weighted by Crippen LogP contribution is -2.00. The van der Waals surface area contributed by atoms with E-state index in [1.54, 1.807) is 6.20 Å². The summed E-state index contributed by atoms with van der Waals surface area (Å²) in [5.41, 5.74) is 7.54. The molecule has 2 N–H and O–H groups in total. The number of aryl methyl sites for hydroxylation is 1. The van der Waals surface area contributed by atoms with Crippen molar-refractivity contribution in [2.75, 3.05) is 6.54 Å². The first kappa shape index (κ1) is 12.8. The molecule has 0 saturated heterocycles. The van der Waals surface area contributed by atoms with Crippen LogP contribution in [0.15, 0.2) is 18.8 Å². The second-order valence-corrected chi connectivity index (χ2v) is 4.03. The molecule has 1 rings (SSSR count). The normalized spacial score (nSPS) is 10.4. The summed E-state index contributed by atoms with van der Waals surface area (Å²) in [6.07, 6.45) is 5.32. The maximum atomic E-state index is 13.6. The SMILES string of the molecule is C=C(C)c1cnc(CCCCCN)c(F)c1. The van der Waals surface area contributed by atoms with Gasteiger partial charge in [-0.2, -0.15) is 0 Å². The Kier molecular flexibility index (Phi) is 5.12. The minimum Gasteiger partial charge on any atom is -0.330 e. The van der Waals surface area contributed by atoms with Gasteiger partial charge in [0.1, 0.15) is 5.82 Å². The van der Waals surface area contributed by atoms with Gasteiger partial charge < -0.3 is 5.73 Å². The Bertz CT molecular complexity index is 361. The highest BCUT2D eigenvalue weighted by Crippen LogP contribution is 2.15. The third-order valence-electron chi connectivity index (χ3n) is 2.53. The van der Waals surface area contributed by atoms with Crippen molar-refractivity contribution in [1.82, 2.24) is 4.98 Å². The van der Waals surface area contributed by atoms with E-state index in [0.29, 0.717) is 18.7 Å². The predicted octanol–water partition coefficient (Wildman–Crippen LogP) is 2.93. The molecule has 1 aromatic heterocycles. The lowest BCUT2D eigenvalue weighted by Gasteiger charge is -2.05. The van der Waals surface area contributed by atoms with Crippen molar-refractivity contribution in [3.05, 3.63) is 35.9 Å². The Morgan fingerprint density at radius 3 is 2.75 bits per heavy atom. The minimum atomic E-state index is -0.228. The van der Waals surface area contributed by atoms with Crippen LogP contribution >= 0.6 is 0 Å². The standard InChI is InChI=1S/C13H19FN2/c1-10(2)11-8-12(14)13(16-9-11)6-4-3-5-7-15/h8-9H,1,3-7,15H2,2H3. The van der Waals surface area contributed by atoms with E-state index in [4.69, 9.17) is 5.73 Å². The molecule has 0 radical (unpaired) electrons. The van der Waals surface area contributed by atoms with E-state index in [-0.39, 0.29) is 5.82 Å². The van der Waals surface area contributed by atoms with Gasteiger partial charge >= 0.3 is 0 Å². The molecule has 1 heterocycles. The highest BCUT2D eigenvalue weighted by atomic mass is 19.1. The van der Waals surface area contributed by atoms with Crippen LogP contribution in [0.4, 0.5) is 4.39 Å². The van der Waals surface area contributed by atoms with Gasteiger partial charge in [0.25, 0.3) is 0 Å². The molecule has 0 aliphatic carbocycles. The fourth-order valence-corrected chi connectivity index (χ4v) is 1.50. The van der Waals surface area contributed by atoms with Crippen LogP contribution in [0.3, 0.4) is 0 Å². The Hall–Kier alpha value is -1.22. The van der Waals surface area contributed by atoms with Gasteiger partial charge in [-0.15, -0.1) is 0 Å². The van der Waals surface area contributed by atoms with Crippen LogP contribution in [0.25, 0.3) is 5.57 Å². The van der Waals surface area contributed by atoms with Crippen molar-refractivity contribution in [2.45, 2.75) is 32.6 Å². The van der Waals surface area contributed by atoms with E-state index in [1.165, 1.54) is 6.07 Å². The lowest BCUT2D eigenvalue weighted by atomic mass is 10.1. The van der Waals surface area contributed by atoms with Gasteiger partial charge in [0.15, 0.2) is 0 Å².